The van der Waals surface area contributed by atoms with E-state index in [1.807, 2.05) is 12.1 Å². The molecular weight excluding hydrogens is 329 g/mol. The first-order valence-electron chi connectivity index (χ1n) is 9.63. The Balaban J connectivity index is 1.42. The number of likely N-dealkylation sites (tertiary alicyclic amines) is 1. The van der Waals surface area contributed by atoms with E-state index in [9.17, 15) is 9.18 Å². The third-order valence-corrected chi connectivity index (χ3v) is 5.43. The third-order valence-electron chi connectivity index (χ3n) is 5.43. The number of hydrogen-bond donors (Lipinski definition) is 0. The van der Waals surface area contributed by atoms with E-state index >= 15 is 0 Å². The second kappa shape index (κ2) is 8.78. The first kappa shape index (κ1) is 19.1. The fourth-order valence-corrected chi connectivity index (χ4v) is 3.95. The first-order chi connectivity index (χ1) is 12.5. The summed E-state index contributed by atoms with van der Waals surface area (Å²) >= 11 is 0. The Labute approximate surface area is 156 Å². The molecule has 2 heterocycles. The van der Waals surface area contributed by atoms with Crippen LogP contribution in [0.5, 0.6) is 0 Å². The minimum absolute atomic E-state index is 0.159. The van der Waals surface area contributed by atoms with Crippen molar-refractivity contribution in [2.45, 2.75) is 26.3 Å². The lowest BCUT2D eigenvalue weighted by atomic mass is 9.94. The molecule has 2 fully saturated rings. The highest BCUT2D eigenvalue weighted by atomic mass is 19.1. The lowest BCUT2D eigenvalue weighted by molar-refractivity contribution is -0.138. The van der Waals surface area contributed by atoms with Crippen LogP contribution in [0, 0.1) is 11.7 Å². The van der Waals surface area contributed by atoms with Crippen LogP contribution in [-0.2, 0) is 11.3 Å². The summed E-state index contributed by atoms with van der Waals surface area (Å²) in [5.41, 5.74) is 2.31. The molecular formula is C21H30FN3O. The first-order valence-corrected chi connectivity index (χ1v) is 9.63. The van der Waals surface area contributed by atoms with Gasteiger partial charge in [-0.15, -0.1) is 0 Å². The molecule has 2 aliphatic rings. The van der Waals surface area contributed by atoms with Crippen molar-refractivity contribution in [2.24, 2.45) is 5.92 Å². The maximum absolute atomic E-state index is 13.0. The maximum Gasteiger partial charge on any atom is 0.225 e. The zero-order chi connectivity index (χ0) is 18.5. The Hall–Kier alpha value is -1.72. The number of carbonyl (C=O) groups excluding carboxylic acids is 1. The molecule has 26 heavy (non-hydrogen) atoms. The normalized spacial score (nSPS) is 20.3. The van der Waals surface area contributed by atoms with Crippen molar-refractivity contribution in [1.82, 2.24) is 14.7 Å². The van der Waals surface area contributed by atoms with Gasteiger partial charge in [-0.1, -0.05) is 24.3 Å². The molecule has 2 aliphatic heterocycles. The number of rotatable bonds is 5. The van der Waals surface area contributed by atoms with Crippen LogP contribution in [0.2, 0.25) is 0 Å². The molecule has 1 aromatic rings. The van der Waals surface area contributed by atoms with Crippen LogP contribution in [0.15, 0.2) is 36.4 Å². The highest BCUT2D eigenvalue weighted by Crippen LogP contribution is 2.22. The highest BCUT2D eigenvalue weighted by molar-refractivity contribution is 5.79. The average molecular weight is 359 g/mol. The molecule has 0 N–H and O–H groups in total. The molecule has 5 heteroatoms. The minimum atomic E-state index is -0.193. The molecule has 0 aliphatic carbocycles. The molecule has 142 valence electrons. The molecule has 2 saturated heterocycles. The maximum atomic E-state index is 13.0. The lowest BCUT2D eigenvalue weighted by Gasteiger charge is -2.38. The summed E-state index contributed by atoms with van der Waals surface area (Å²) in [5, 5.41) is 0. The fraction of sp³-hybridized carbons (Fsp3) is 0.571. The average Bonchev–Trinajstić information content (AvgIpc) is 2.64. The van der Waals surface area contributed by atoms with E-state index in [-0.39, 0.29) is 11.7 Å². The number of piperidine rings is 1. The van der Waals surface area contributed by atoms with E-state index in [4.69, 9.17) is 0 Å². The zero-order valence-electron chi connectivity index (χ0n) is 15.8. The van der Waals surface area contributed by atoms with E-state index in [0.717, 1.165) is 70.8 Å². The second-order valence-electron chi connectivity index (χ2n) is 7.74. The van der Waals surface area contributed by atoms with Crippen LogP contribution >= 0.6 is 0 Å². The molecule has 0 radical (unpaired) electrons. The van der Waals surface area contributed by atoms with Crippen LogP contribution in [-0.4, -0.2) is 66.4 Å². The van der Waals surface area contributed by atoms with Gasteiger partial charge in [0, 0.05) is 45.2 Å². The molecule has 0 spiro atoms. The summed E-state index contributed by atoms with van der Waals surface area (Å²) in [5.74, 6) is 0.301. The van der Waals surface area contributed by atoms with Crippen molar-refractivity contribution < 1.29 is 9.18 Å². The Morgan fingerprint density at radius 3 is 2.23 bits per heavy atom. The lowest BCUT2D eigenvalue weighted by Crippen LogP contribution is -2.51. The van der Waals surface area contributed by atoms with Gasteiger partial charge in [-0.2, -0.15) is 0 Å². The number of piperazine rings is 1. The quantitative estimate of drug-likeness (QED) is 0.757. The van der Waals surface area contributed by atoms with Gasteiger partial charge in [0.25, 0.3) is 0 Å². The summed E-state index contributed by atoms with van der Waals surface area (Å²) in [7, 11) is 0. The number of halogens is 1. The van der Waals surface area contributed by atoms with Crippen LogP contribution in [0.4, 0.5) is 4.39 Å². The SMILES string of the molecule is C=C(C)CN1CCN(C(=O)C2CCN(Cc3ccc(F)cc3)CC2)CC1. The summed E-state index contributed by atoms with van der Waals surface area (Å²) < 4.78 is 13.0. The molecule has 4 nitrogen and oxygen atoms in total. The molecule has 1 amide bonds. The van der Waals surface area contributed by atoms with Gasteiger partial charge in [-0.05, 0) is 50.6 Å². The minimum Gasteiger partial charge on any atom is -0.340 e. The topological polar surface area (TPSA) is 26.8 Å². The number of nitrogens with zero attached hydrogens (tertiary/aromatic N) is 3. The molecule has 0 atom stereocenters. The Morgan fingerprint density at radius 2 is 1.65 bits per heavy atom. The van der Waals surface area contributed by atoms with E-state index < -0.39 is 0 Å². The summed E-state index contributed by atoms with van der Waals surface area (Å²) in [6, 6.07) is 6.71. The Kier molecular flexibility index (Phi) is 6.43. The van der Waals surface area contributed by atoms with Crippen molar-refractivity contribution in [2.75, 3.05) is 45.8 Å². The van der Waals surface area contributed by atoms with E-state index in [2.05, 4.69) is 28.2 Å². The van der Waals surface area contributed by atoms with Crippen LogP contribution in [0.25, 0.3) is 0 Å². The van der Waals surface area contributed by atoms with Gasteiger partial charge in [0.15, 0.2) is 0 Å². The standard InChI is InChI=1S/C21H30FN3O/c1-17(2)15-24-11-13-25(14-12-24)21(26)19-7-9-23(10-8-19)16-18-3-5-20(22)6-4-18/h3-6,19H,1,7-16H2,2H3. The van der Waals surface area contributed by atoms with Crippen LogP contribution in [0.3, 0.4) is 0 Å². The van der Waals surface area contributed by atoms with Gasteiger partial charge in [-0.25, -0.2) is 4.39 Å². The van der Waals surface area contributed by atoms with Crippen LogP contribution < -0.4 is 0 Å². The molecule has 3 rings (SSSR count). The van der Waals surface area contributed by atoms with Crippen LogP contribution in [0.1, 0.15) is 25.3 Å². The monoisotopic (exact) mass is 359 g/mol. The van der Waals surface area contributed by atoms with Gasteiger partial charge >= 0.3 is 0 Å². The molecule has 0 unspecified atom stereocenters. The molecule has 0 bridgehead atoms. The smallest absolute Gasteiger partial charge is 0.225 e. The van der Waals surface area contributed by atoms with Gasteiger partial charge < -0.3 is 4.90 Å². The highest BCUT2D eigenvalue weighted by Gasteiger charge is 2.30. The molecule has 0 saturated carbocycles. The Bertz CT molecular complexity index is 615. The molecule has 0 aromatic heterocycles. The van der Waals surface area contributed by atoms with Crippen molar-refractivity contribution >= 4 is 5.91 Å². The van der Waals surface area contributed by atoms with E-state index in [0.29, 0.717) is 5.91 Å². The van der Waals surface area contributed by atoms with Gasteiger partial charge in [0.05, 0.1) is 0 Å². The van der Waals surface area contributed by atoms with Gasteiger partial charge in [0.2, 0.25) is 5.91 Å². The number of carbonyl (C=O) groups is 1. The summed E-state index contributed by atoms with van der Waals surface area (Å²) in [6.07, 6.45) is 1.85. The number of hydrogen-bond acceptors (Lipinski definition) is 3. The summed E-state index contributed by atoms with van der Waals surface area (Å²) in [6.45, 7) is 13.2. The summed E-state index contributed by atoms with van der Waals surface area (Å²) in [4.78, 5) is 19.6. The molecule has 1 aromatic carbocycles. The zero-order valence-corrected chi connectivity index (χ0v) is 15.8. The Morgan fingerprint density at radius 1 is 1.04 bits per heavy atom. The largest absolute Gasteiger partial charge is 0.340 e. The van der Waals surface area contributed by atoms with Crippen molar-refractivity contribution in [3.05, 3.63) is 47.8 Å². The second-order valence-corrected chi connectivity index (χ2v) is 7.74. The van der Waals surface area contributed by atoms with E-state index in [1.54, 1.807) is 0 Å². The van der Waals surface area contributed by atoms with Gasteiger partial charge in [-0.3, -0.25) is 14.6 Å². The van der Waals surface area contributed by atoms with E-state index in [1.165, 1.54) is 17.7 Å². The predicted octanol–water partition coefficient (Wildman–Crippen LogP) is 2.76. The van der Waals surface area contributed by atoms with Crippen molar-refractivity contribution in [3.63, 3.8) is 0 Å². The third kappa shape index (κ3) is 5.15. The fourth-order valence-electron chi connectivity index (χ4n) is 3.95. The van der Waals surface area contributed by atoms with Crippen molar-refractivity contribution in [1.29, 1.82) is 0 Å². The number of amides is 1. The van der Waals surface area contributed by atoms with Crippen molar-refractivity contribution in [3.8, 4) is 0 Å². The number of benzene rings is 1. The predicted molar refractivity (Wildman–Crippen MR) is 102 cm³/mol. The van der Waals surface area contributed by atoms with Gasteiger partial charge in [0.1, 0.15) is 5.82 Å².